The predicted octanol–water partition coefficient (Wildman–Crippen LogP) is 4.08. The Morgan fingerprint density at radius 1 is 1.05 bits per heavy atom. The van der Waals surface area contributed by atoms with E-state index in [2.05, 4.69) is 5.32 Å². The predicted molar refractivity (Wildman–Crippen MR) is 87.0 cm³/mol. The fraction of sp³-hybridized carbons (Fsp3) is 0.0588. The zero-order valence-corrected chi connectivity index (χ0v) is 12.4. The molecule has 2 aromatic carbocycles. The van der Waals surface area contributed by atoms with E-state index < -0.39 is 0 Å². The first-order valence-electron chi connectivity index (χ1n) is 6.36. The Labute approximate surface area is 128 Å². The zero-order chi connectivity index (χ0) is 15.1. The summed E-state index contributed by atoms with van der Waals surface area (Å²) in [5.41, 5.74) is 1.48. The van der Waals surface area contributed by atoms with Crippen LogP contribution in [0.25, 0.3) is 0 Å². The summed E-state index contributed by atoms with van der Waals surface area (Å²) in [7, 11) is 0. The molecule has 21 heavy (non-hydrogen) atoms. The number of benzene rings is 2. The number of anilines is 1. The van der Waals surface area contributed by atoms with E-state index in [4.69, 9.17) is 0 Å². The lowest BCUT2D eigenvalue weighted by Gasteiger charge is -2.10. The van der Waals surface area contributed by atoms with Crippen LogP contribution in [0.2, 0.25) is 0 Å². The van der Waals surface area contributed by atoms with Gasteiger partial charge in [0.1, 0.15) is 11.6 Å². The molecule has 0 atom stereocenters. The molecule has 0 bridgehead atoms. The monoisotopic (exact) mass is 294 g/mol. The third-order valence-electron chi connectivity index (χ3n) is 2.84. The van der Waals surface area contributed by atoms with Gasteiger partial charge < -0.3 is 5.32 Å². The van der Waals surface area contributed by atoms with Crippen LogP contribution in [0.3, 0.4) is 0 Å². The molecule has 2 aromatic rings. The Balaban J connectivity index is 2.36. The molecule has 0 aliphatic heterocycles. The van der Waals surface area contributed by atoms with E-state index in [0.29, 0.717) is 10.6 Å². The maximum absolute atomic E-state index is 12.4. The summed E-state index contributed by atoms with van der Waals surface area (Å²) < 4.78 is 0. The summed E-state index contributed by atoms with van der Waals surface area (Å²) in [5, 5.41) is 13.0. The summed E-state index contributed by atoms with van der Waals surface area (Å²) in [6, 6.07) is 20.3. The molecular weight excluding hydrogens is 280 g/mol. The summed E-state index contributed by atoms with van der Waals surface area (Å²) in [4.78, 5) is 12.4. The van der Waals surface area contributed by atoms with Gasteiger partial charge in [-0.1, -0.05) is 48.5 Å². The highest BCUT2D eigenvalue weighted by atomic mass is 32.2. The number of nitrogens with one attached hydrogen (secondary N) is 1. The van der Waals surface area contributed by atoms with Crippen molar-refractivity contribution in [2.45, 2.75) is 0 Å². The molecule has 4 heteroatoms. The number of thioether (sulfide) groups is 1. The molecule has 0 saturated heterocycles. The van der Waals surface area contributed by atoms with E-state index in [1.54, 1.807) is 24.3 Å². The number of Topliss-reactive ketones (excluding diaryl/α,β-unsaturated/α-hetero) is 1. The Bertz CT molecular complexity index is 688. The number of carbonyl (C=O) groups is 1. The molecule has 2 rings (SSSR count). The largest absolute Gasteiger partial charge is 0.349 e. The van der Waals surface area contributed by atoms with E-state index in [1.807, 2.05) is 48.7 Å². The number of rotatable bonds is 5. The second-order valence-corrected chi connectivity index (χ2v) is 5.02. The molecule has 104 valence electrons. The first-order valence-corrected chi connectivity index (χ1v) is 7.59. The van der Waals surface area contributed by atoms with Gasteiger partial charge in [0.15, 0.2) is 0 Å². The third-order valence-corrected chi connectivity index (χ3v) is 3.55. The molecule has 0 aromatic heterocycles. The van der Waals surface area contributed by atoms with Gasteiger partial charge in [-0.3, -0.25) is 4.79 Å². The fourth-order valence-corrected chi connectivity index (χ4v) is 2.37. The SMILES string of the molecule is CS/C(Nc1ccccc1)=C(/C#N)C(=O)c1ccccc1. The molecule has 3 nitrogen and oxygen atoms in total. The van der Waals surface area contributed by atoms with Gasteiger partial charge in [0.25, 0.3) is 0 Å². The molecule has 0 aliphatic rings. The van der Waals surface area contributed by atoms with Crippen LogP contribution in [-0.2, 0) is 0 Å². The van der Waals surface area contributed by atoms with E-state index in [1.165, 1.54) is 11.8 Å². The maximum Gasteiger partial charge on any atom is 0.206 e. The van der Waals surface area contributed by atoms with Gasteiger partial charge in [-0.2, -0.15) is 5.26 Å². The van der Waals surface area contributed by atoms with E-state index in [-0.39, 0.29) is 11.4 Å². The van der Waals surface area contributed by atoms with E-state index in [0.717, 1.165) is 5.69 Å². The number of carbonyl (C=O) groups excluding carboxylic acids is 1. The highest BCUT2D eigenvalue weighted by molar-refractivity contribution is 8.02. The molecule has 0 radical (unpaired) electrons. The smallest absolute Gasteiger partial charge is 0.206 e. The van der Waals surface area contributed by atoms with E-state index in [9.17, 15) is 10.1 Å². The first-order chi connectivity index (χ1) is 10.3. The van der Waals surface area contributed by atoms with Crippen LogP contribution in [0, 0.1) is 11.3 Å². The Kier molecular flexibility index (Phi) is 5.19. The number of hydrogen-bond acceptors (Lipinski definition) is 4. The number of ketones is 1. The fourth-order valence-electron chi connectivity index (χ4n) is 1.81. The quantitative estimate of drug-likeness (QED) is 0.513. The number of hydrogen-bond donors (Lipinski definition) is 1. The van der Waals surface area contributed by atoms with Gasteiger partial charge >= 0.3 is 0 Å². The van der Waals surface area contributed by atoms with E-state index >= 15 is 0 Å². The number of allylic oxidation sites excluding steroid dienone is 1. The molecule has 0 amide bonds. The Morgan fingerprint density at radius 3 is 2.14 bits per heavy atom. The van der Waals surface area contributed by atoms with Crippen molar-refractivity contribution in [2.24, 2.45) is 0 Å². The van der Waals surface area contributed by atoms with Crippen LogP contribution < -0.4 is 5.32 Å². The van der Waals surface area contributed by atoms with Crippen molar-refractivity contribution in [3.63, 3.8) is 0 Å². The Morgan fingerprint density at radius 2 is 1.62 bits per heavy atom. The standard InChI is InChI=1S/C17H14N2OS/c1-21-17(19-14-10-6-3-7-11-14)15(12-18)16(20)13-8-4-2-5-9-13/h2-11,19H,1H3/b17-15-. The number of nitrogens with zero attached hydrogens (tertiary/aromatic N) is 1. The minimum atomic E-state index is -0.272. The molecule has 0 spiro atoms. The summed E-state index contributed by atoms with van der Waals surface area (Å²) in [6.45, 7) is 0. The van der Waals surface area contributed by atoms with Gasteiger partial charge in [0.2, 0.25) is 5.78 Å². The average molecular weight is 294 g/mol. The summed E-state index contributed by atoms with van der Waals surface area (Å²) in [6.07, 6.45) is 1.83. The van der Waals surface area contributed by atoms with Crippen molar-refractivity contribution in [1.82, 2.24) is 0 Å². The number of para-hydroxylation sites is 1. The molecule has 1 N–H and O–H groups in total. The van der Waals surface area contributed by atoms with Crippen LogP contribution in [0.1, 0.15) is 10.4 Å². The van der Waals surface area contributed by atoms with Crippen LogP contribution in [0.4, 0.5) is 5.69 Å². The zero-order valence-electron chi connectivity index (χ0n) is 11.5. The molecule has 0 aliphatic carbocycles. The average Bonchev–Trinajstić information content (AvgIpc) is 2.56. The number of nitriles is 1. The van der Waals surface area contributed by atoms with Crippen molar-refractivity contribution in [3.8, 4) is 6.07 Å². The Hall–Kier alpha value is -2.51. The van der Waals surface area contributed by atoms with Gasteiger partial charge in [-0.15, -0.1) is 11.8 Å². The lowest BCUT2D eigenvalue weighted by atomic mass is 10.1. The van der Waals surface area contributed by atoms with Gasteiger partial charge in [-0.05, 0) is 18.4 Å². The second-order valence-electron chi connectivity index (χ2n) is 4.21. The van der Waals surface area contributed by atoms with Gasteiger partial charge in [0, 0.05) is 11.3 Å². The summed E-state index contributed by atoms with van der Waals surface area (Å²) in [5.74, 6) is -0.272. The molecule has 0 saturated carbocycles. The van der Waals surface area contributed by atoms with Crippen LogP contribution in [0.15, 0.2) is 71.3 Å². The van der Waals surface area contributed by atoms with Crippen molar-refractivity contribution in [1.29, 1.82) is 5.26 Å². The molecule has 0 unspecified atom stereocenters. The molecular formula is C17H14N2OS. The maximum atomic E-state index is 12.4. The molecule has 0 heterocycles. The van der Waals surface area contributed by atoms with Crippen molar-refractivity contribution >= 4 is 23.2 Å². The first kappa shape index (κ1) is 14.9. The lowest BCUT2D eigenvalue weighted by molar-refractivity contribution is 0.103. The minimum Gasteiger partial charge on any atom is -0.349 e. The highest BCUT2D eigenvalue weighted by Crippen LogP contribution is 2.22. The van der Waals surface area contributed by atoms with Crippen molar-refractivity contribution in [3.05, 3.63) is 76.8 Å². The van der Waals surface area contributed by atoms with Gasteiger partial charge in [-0.25, -0.2) is 0 Å². The summed E-state index contributed by atoms with van der Waals surface area (Å²) >= 11 is 1.35. The van der Waals surface area contributed by atoms with Gasteiger partial charge in [0.05, 0.1) is 5.03 Å². The van der Waals surface area contributed by atoms with Crippen molar-refractivity contribution < 1.29 is 4.79 Å². The lowest BCUT2D eigenvalue weighted by Crippen LogP contribution is -2.08. The van der Waals surface area contributed by atoms with Crippen molar-refractivity contribution in [2.75, 3.05) is 11.6 Å². The van der Waals surface area contributed by atoms with Crippen LogP contribution in [-0.4, -0.2) is 12.0 Å². The minimum absolute atomic E-state index is 0.123. The third kappa shape index (κ3) is 3.74. The van der Waals surface area contributed by atoms with Crippen LogP contribution >= 0.6 is 11.8 Å². The topological polar surface area (TPSA) is 52.9 Å². The highest BCUT2D eigenvalue weighted by Gasteiger charge is 2.17. The normalized spacial score (nSPS) is 11.2. The molecule has 0 fully saturated rings. The second kappa shape index (κ2) is 7.32. The van der Waals surface area contributed by atoms with Crippen LogP contribution in [0.5, 0.6) is 0 Å².